The van der Waals surface area contributed by atoms with Crippen LogP contribution in [0, 0.1) is 16.7 Å². The number of carbonyl (C=O) groups is 1. The van der Waals surface area contributed by atoms with Gasteiger partial charge in [-0.05, 0) is 48.9 Å². The number of anilines is 1. The van der Waals surface area contributed by atoms with Gasteiger partial charge in [-0.15, -0.1) is 11.3 Å². The van der Waals surface area contributed by atoms with E-state index in [1.165, 1.54) is 4.70 Å². The largest absolute Gasteiger partial charge is 0.325 e. The van der Waals surface area contributed by atoms with Crippen molar-refractivity contribution in [2.45, 2.75) is 13.8 Å². The van der Waals surface area contributed by atoms with Crippen LogP contribution in [0.15, 0.2) is 29.6 Å². The molecular weight excluding hydrogens is 232 g/mol. The molecule has 1 aromatic heterocycles. The van der Waals surface area contributed by atoms with Crippen molar-refractivity contribution in [2.24, 2.45) is 5.41 Å². The molecule has 0 aliphatic carbocycles. The highest BCUT2D eigenvalue weighted by Crippen LogP contribution is 2.25. The van der Waals surface area contributed by atoms with E-state index in [4.69, 9.17) is 5.26 Å². The van der Waals surface area contributed by atoms with Gasteiger partial charge in [0.05, 0.1) is 6.07 Å². The van der Waals surface area contributed by atoms with Gasteiger partial charge < -0.3 is 5.32 Å². The fraction of sp³-hybridized carbons (Fsp3) is 0.231. The number of hydrogen-bond donors (Lipinski definition) is 1. The molecule has 2 rings (SSSR count). The van der Waals surface area contributed by atoms with Crippen LogP contribution in [-0.2, 0) is 4.79 Å². The molecule has 0 bridgehead atoms. The van der Waals surface area contributed by atoms with Crippen molar-refractivity contribution < 1.29 is 4.79 Å². The van der Waals surface area contributed by atoms with Crippen LogP contribution in [-0.4, -0.2) is 5.91 Å². The topological polar surface area (TPSA) is 52.9 Å². The molecule has 1 aromatic carbocycles. The second-order valence-electron chi connectivity index (χ2n) is 4.36. The first kappa shape index (κ1) is 11.6. The lowest BCUT2D eigenvalue weighted by molar-refractivity contribution is -0.121. The summed E-state index contributed by atoms with van der Waals surface area (Å²) in [6.45, 7) is 3.21. The Morgan fingerprint density at radius 3 is 2.88 bits per heavy atom. The summed E-state index contributed by atoms with van der Waals surface area (Å²) < 4.78 is 1.18. The van der Waals surface area contributed by atoms with Gasteiger partial charge in [0.15, 0.2) is 0 Å². The van der Waals surface area contributed by atoms with Crippen LogP contribution in [0.2, 0.25) is 0 Å². The van der Waals surface area contributed by atoms with Crippen molar-refractivity contribution in [3.05, 3.63) is 29.6 Å². The number of nitrogens with zero attached hydrogens (tertiary/aromatic N) is 1. The Balaban J connectivity index is 2.24. The predicted molar refractivity (Wildman–Crippen MR) is 69.8 cm³/mol. The van der Waals surface area contributed by atoms with E-state index in [0.717, 1.165) is 11.1 Å². The molecule has 4 heteroatoms. The number of nitriles is 1. The second-order valence-corrected chi connectivity index (χ2v) is 5.31. The van der Waals surface area contributed by atoms with Crippen molar-refractivity contribution in [1.29, 1.82) is 5.26 Å². The normalized spacial score (nSPS) is 11.1. The maximum atomic E-state index is 11.8. The third kappa shape index (κ3) is 2.29. The van der Waals surface area contributed by atoms with Crippen LogP contribution >= 0.6 is 11.3 Å². The molecule has 0 radical (unpaired) electrons. The lowest BCUT2D eigenvalue weighted by atomic mass is 9.94. The summed E-state index contributed by atoms with van der Waals surface area (Å²) in [6.07, 6.45) is 0. The molecule has 17 heavy (non-hydrogen) atoms. The lowest BCUT2D eigenvalue weighted by Gasteiger charge is -2.14. The Bertz CT molecular complexity index is 607. The van der Waals surface area contributed by atoms with E-state index in [2.05, 4.69) is 5.32 Å². The van der Waals surface area contributed by atoms with Crippen LogP contribution in [0.3, 0.4) is 0 Å². The molecule has 0 atom stereocenters. The quantitative estimate of drug-likeness (QED) is 0.880. The minimum Gasteiger partial charge on any atom is -0.325 e. The van der Waals surface area contributed by atoms with Gasteiger partial charge in [-0.1, -0.05) is 0 Å². The number of thiophene rings is 1. The van der Waals surface area contributed by atoms with Crippen molar-refractivity contribution in [2.75, 3.05) is 5.32 Å². The molecule has 2 aromatic rings. The number of amides is 1. The smallest absolute Gasteiger partial charge is 0.244 e. The first-order valence-corrected chi connectivity index (χ1v) is 6.11. The molecule has 0 saturated carbocycles. The molecule has 0 saturated heterocycles. The molecule has 0 unspecified atom stereocenters. The molecule has 1 amide bonds. The second kappa shape index (κ2) is 4.19. The Kier molecular flexibility index (Phi) is 2.86. The third-order valence-electron chi connectivity index (χ3n) is 2.56. The minimum atomic E-state index is -1.01. The average Bonchev–Trinajstić information content (AvgIpc) is 2.76. The molecule has 3 nitrogen and oxygen atoms in total. The fourth-order valence-electron chi connectivity index (χ4n) is 1.38. The maximum absolute atomic E-state index is 11.8. The number of fused-ring (bicyclic) bond motifs is 1. The molecule has 86 valence electrons. The van der Waals surface area contributed by atoms with Crippen LogP contribution in [0.25, 0.3) is 10.1 Å². The highest BCUT2D eigenvalue weighted by atomic mass is 32.1. The van der Waals surface area contributed by atoms with Gasteiger partial charge in [0.25, 0.3) is 0 Å². The zero-order valence-electron chi connectivity index (χ0n) is 9.65. The van der Waals surface area contributed by atoms with E-state index in [9.17, 15) is 4.79 Å². The molecule has 1 heterocycles. The van der Waals surface area contributed by atoms with Crippen LogP contribution in [0.1, 0.15) is 13.8 Å². The van der Waals surface area contributed by atoms with Gasteiger partial charge in [-0.3, -0.25) is 4.79 Å². The SMILES string of the molecule is CC(C)(C#N)C(=O)Nc1ccc2sccc2c1. The predicted octanol–water partition coefficient (Wildman–Crippen LogP) is 3.39. The number of nitrogens with one attached hydrogen (secondary N) is 1. The average molecular weight is 244 g/mol. The van der Waals surface area contributed by atoms with E-state index in [-0.39, 0.29) is 5.91 Å². The van der Waals surface area contributed by atoms with Crippen molar-refractivity contribution in [3.8, 4) is 6.07 Å². The summed E-state index contributed by atoms with van der Waals surface area (Å²) in [6, 6.07) is 9.72. The number of rotatable bonds is 2. The Hall–Kier alpha value is -1.86. The monoisotopic (exact) mass is 244 g/mol. The van der Waals surface area contributed by atoms with Crippen molar-refractivity contribution in [3.63, 3.8) is 0 Å². The molecular formula is C13H12N2OS. The highest BCUT2D eigenvalue weighted by molar-refractivity contribution is 7.17. The van der Waals surface area contributed by atoms with Crippen LogP contribution in [0.5, 0.6) is 0 Å². The van der Waals surface area contributed by atoms with E-state index < -0.39 is 5.41 Å². The summed E-state index contributed by atoms with van der Waals surface area (Å²) in [5.41, 5.74) is -0.284. The Morgan fingerprint density at radius 2 is 2.18 bits per heavy atom. The van der Waals surface area contributed by atoms with Gasteiger partial charge >= 0.3 is 0 Å². The zero-order chi connectivity index (χ0) is 12.5. The molecule has 0 aliphatic rings. The summed E-state index contributed by atoms with van der Waals surface area (Å²) in [7, 11) is 0. The van der Waals surface area contributed by atoms with Crippen molar-refractivity contribution in [1.82, 2.24) is 0 Å². The summed E-state index contributed by atoms with van der Waals surface area (Å²) in [4.78, 5) is 11.8. The Morgan fingerprint density at radius 1 is 1.41 bits per heavy atom. The summed E-state index contributed by atoms with van der Waals surface area (Å²) in [5, 5.41) is 14.7. The van der Waals surface area contributed by atoms with Crippen LogP contribution in [0.4, 0.5) is 5.69 Å². The maximum Gasteiger partial charge on any atom is 0.244 e. The van der Waals surface area contributed by atoms with Gasteiger partial charge in [0.2, 0.25) is 5.91 Å². The number of carbonyl (C=O) groups excluding carboxylic acids is 1. The molecule has 1 N–H and O–H groups in total. The summed E-state index contributed by atoms with van der Waals surface area (Å²) in [5.74, 6) is -0.283. The molecule has 0 fully saturated rings. The van der Waals surface area contributed by atoms with Gasteiger partial charge in [-0.25, -0.2) is 0 Å². The number of benzene rings is 1. The zero-order valence-corrected chi connectivity index (χ0v) is 10.5. The molecule has 0 aliphatic heterocycles. The first-order valence-electron chi connectivity index (χ1n) is 5.23. The standard InChI is InChI=1S/C13H12N2OS/c1-13(2,8-14)12(16)15-10-3-4-11-9(7-10)5-6-17-11/h3-7H,1-2H3,(H,15,16). The number of hydrogen-bond acceptors (Lipinski definition) is 3. The third-order valence-corrected chi connectivity index (χ3v) is 3.46. The van der Waals surface area contributed by atoms with E-state index in [0.29, 0.717) is 0 Å². The van der Waals surface area contributed by atoms with E-state index in [1.54, 1.807) is 25.2 Å². The van der Waals surface area contributed by atoms with Crippen LogP contribution < -0.4 is 5.32 Å². The first-order chi connectivity index (χ1) is 8.03. The minimum absolute atomic E-state index is 0.283. The highest BCUT2D eigenvalue weighted by Gasteiger charge is 2.27. The Labute approximate surface area is 104 Å². The fourth-order valence-corrected chi connectivity index (χ4v) is 2.15. The summed E-state index contributed by atoms with van der Waals surface area (Å²) >= 11 is 1.66. The van der Waals surface area contributed by atoms with Gasteiger partial charge in [0.1, 0.15) is 5.41 Å². The molecule has 0 spiro atoms. The van der Waals surface area contributed by atoms with E-state index in [1.807, 2.05) is 35.7 Å². The van der Waals surface area contributed by atoms with Gasteiger partial charge in [-0.2, -0.15) is 5.26 Å². The van der Waals surface area contributed by atoms with Gasteiger partial charge in [0, 0.05) is 10.4 Å². The lowest BCUT2D eigenvalue weighted by Crippen LogP contribution is -2.29. The van der Waals surface area contributed by atoms with Crippen molar-refractivity contribution >= 4 is 33.0 Å². The van der Waals surface area contributed by atoms with E-state index >= 15 is 0 Å².